The van der Waals surface area contributed by atoms with Crippen molar-refractivity contribution in [1.29, 1.82) is 0 Å². The predicted molar refractivity (Wildman–Crippen MR) is 132 cm³/mol. The topological polar surface area (TPSA) is 61.4 Å². The van der Waals surface area contributed by atoms with Crippen LogP contribution in [0.15, 0.2) is 42.5 Å². The van der Waals surface area contributed by atoms with Crippen LogP contribution in [0.1, 0.15) is 47.6 Å². The molecule has 3 heterocycles. The molecule has 2 aromatic carbocycles. The molecule has 0 aliphatic carbocycles. The number of anilines is 2. The number of likely N-dealkylation sites (N-methyl/N-ethyl adjacent to an activating group) is 1. The summed E-state index contributed by atoms with van der Waals surface area (Å²) in [5.74, 6) is -1.40. The highest BCUT2D eigenvalue weighted by Crippen LogP contribution is 2.44. The number of aryl methyl sites for hydroxylation is 1. The van der Waals surface area contributed by atoms with Crippen molar-refractivity contribution in [1.82, 2.24) is 14.9 Å². The van der Waals surface area contributed by atoms with Crippen molar-refractivity contribution in [2.45, 2.75) is 44.4 Å². The average Bonchev–Trinajstić information content (AvgIpc) is 3.23. The quantitative estimate of drug-likeness (QED) is 0.459. The molecule has 3 aromatic rings. The number of rotatable bonds is 4. The van der Waals surface area contributed by atoms with E-state index in [-0.39, 0.29) is 18.0 Å². The smallest absolute Gasteiger partial charge is 0.363 e. The molecule has 0 radical (unpaired) electrons. The second-order valence-corrected chi connectivity index (χ2v) is 9.96. The summed E-state index contributed by atoms with van der Waals surface area (Å²) >= 11 is 0. The van der Waals surface area contributed by atoms with Crippen LogP contribution in [0, 0.1) is 18.6 Å². The number of nitrogens with one attached hydrogen (secondary N) is 1. The molecule has 1 unspecified atom stereocenters. The number of halogens is 5. The van der Waals surface area contributed by atoms with E-state index in [1.807, 2.05) is 11.9 Å². The Morgan fingerprint density at radius 3 is 2.50 bits per heavy atom. The van der Waals surface area contributed by atoms with Gasteiger partial charge in [0.05, 0.1) is 23.8 Å². The Hall–Kier alpha value is -3.60. The minimum atomic E-state index is -4.84. The fourth-order valence-electron chi connectivity index (χ4n) is 5.46. The highest BCUT2D eigenvalue weighted by Gasteiger charge is 2.53. The molecule has 1 amide bonds. The molecule has 2 atom stereocenters. The lowest BCUT2D eigenvalue weighted by atomic mass is 9.76. The van der Waals surface area contributed by atoms with Crippen molar-refractivity contribution >= 4 is 17.4 Å². The van der Waals surface area contributed by atoms with Crippen molar-refractivity contribution in [2.24, 2.45) is 0 Å². The summed E-state index contributed by atoms with van der Waals surface area (Å²) in [6.07, 6.45) is -4.36. The fourth-order valence-corrected chi connectivity index (χ4v) is 5.46. The number of alkyl halides is 3. The Balaban J connectivity index is 1.61. The molecule has 5 rings (SSSR count). The minimum absolute atomic E-state index is 0.0174. The van der Waals surface area contributed by atoms with E-state index >= 15 is 0 Å². The van der Waals surface area contributed by atoms with E-state index in [4.69, 9.17) is 0 Å². The largest absolute Gasteiger partial charge is 0.419 e. The van der Waals surface area contributed by atoms with Crippen LogP contribution < -0.4 is 10.2 Å². The minimum Gasteiger partial charge on any atom is -0.363 e. The van der Waals surface area contributed by atoms with E-state index in [0.29, 0.717) is 54.2 Å². The van der Waals surface area contributed by atoms with Crippen molar-refractivity contribution in [3.63, 3.8) is 0 Å². The van der Waals surface area contributed by atoms with E-state index in [2.05, 4.69) is 15.3 Å². The number of carbonyl (C=O) groups excluding carboxylic acids is 1. The fraction of sp³-hybridized carbons (Fsp3) is 0.370. The molecule has 200 valence electrons. The number of nitrogens with zero attached hydrogens (tertiary/aromatic N) is 4. The van der Waals surface area contributed by atoms with Crippen LogP contribution in [-0.2, 0) is 22.9 Å². The van der Waals surface area contributed by atoms with Gasteiger partial charge in [-0.1, -0.05) is 18.2 Å². The maximum Gasteiger partial charge on any atom is 0.419 e. The molecular formula is C27H26F5N5O. The lowest BCUT2D eigenvalue weighted by Gasteiger charge is -2.40. The molecule has 0 bridgehead atoms. The van der Waals surface area contributed by atoms with E-state index in [1.54, 1.807) is 19.9 Å². The summed E-state index contributed by atoms with van der Waals surface area (Å²) in [6, 6.07) is 7.98. The first-order valence-electron chi connectivity index (χ1n) is 12.2. The van der Waals surface area contributed by atoms with Crippen molar-refractivity contribution in [2.75, 3.05) is 30.4 Å². The average molecular weight is 532 g/mol. The van der Waals surface area contributed by atoms with Gasteiger partial charge in [0.1, 0.15) is 28.7 Å². The Morgan fingerprint density at radius 2 is 1.84 bits per heavy atom. The van der Waals surface area contributed by atoms with E-state index in [1.165, 1.54) is 29.2 Å². The van der Waals surface area contributed by atoms with Gasteiger partial charge in [-0.3, -0.25) is 4.79 Å². The van der Waals surface area contributed by atoms with Crippen molar-refractivity contribution in [3.05, 3.63) is 82.3 Å². The van der Waals surface area contributed by atoms with Gasteiger partial charge in [0.25, 0.3) is 0 Å². The van der Waals surface area contributed by atoms with Gasteiger partial charge < -0.3 is 15.1 Å². The molecule has 6 nitrogen and oxygen atoms in total. The second kappa shape index (κ2) is 9.30. The zero-order valence-electron chi connectivity index (χ0n) is 21.0. The number of fused-ring (bicyclic) bond motifs is 2. The molecule has 1 aromatic heterocycles. The maximum atomic E-state index is 14.9. The van der Waals surface area contributed by atoms with Gasteiger partial charge in [0.2, 0.25) is 5.91 Å². The first kappa shape index (κ1) is 26.0. The van der Waals surface area contributed by atoms with Gasteiger partial charge in [-0.2, -0.15) is 13.2 Å². The Labute approximate surface area is 216 Å². The zero-order chi connectivity index (χ0) is 27.4. The number of hydrogen-bond donors (Lipinski definition) is 1. The van der Waals surface area contributed by atoms with E-state index < -0.39 is 34.8 Å². The van der Waals surface area contributed by atoms with Crippen LogP contribution in [0.4, 0.5) is 33.5 Å². The number of amides is 1. The molecule has 1 saturated heterocycles. The van der Waals surface area contributed by atoms with Crippen LogP contribution in [0.3, 0.4) is 0 Å². The van der Waals surface area contributed by atoms with Crippen LogP contribution >= 0.6 is 0 Å². The molecule has 2 aliphatic rings. The summed E-state index contributed by atoms with van der Waals surface area (Å²) in [5.41, 5.74) is -1.06. The summed E-state index contributed by atoms with van der Waals surface area (Å²) < 4.78 is 69.0. The van der Waals surface area contributed by atoms with Crippen LogP contribution in [-0.4, -0.2) is 40.9 Å². The van der Waals surface area contributed by atoms with E-state index in [0.717, 1.165) is 6.07 Å². The van der Waals surface area contributed by atoms with Crippen molar-refractivity contribution in [3.8, 4) is 0 Å². The third-order valence-electron chi connectivity index (χ3n) is 7.28. The molecule has 11 heteroatoms. The molecule has 1 N–H and O–H groups in total. The summed E-state index contributed by atoms with van der Waals surface area (Å²) in [7, 11) is 1.90. The molecule has 2 aliphatic heterocycles. The maximum absolute atomic E-state index is 14.9. The number of benzene rings is 2. The summed E-state index contributed by atoms with van der Waals surface area (Å²) in [4.78, 5) is 26.6. The highest BCUT2D eigenvalue weighted by molar-refractivity contribution is 6.03. The molecule has 0 saturated carbocycles. The Kier molecular flexibility index (Phi) is 6.37. The van der Waals surface area contributed by atoms with Gasteiger partial charge in [-0.25, -0.2) is 18.7 Å². The number of aromatic nitrogens is 2. The molecular weight excluding hydrogens is 505 g/mol. The standard InChI is InChI=1S/C27H26F5N5O/c1-15(19-8-5-9-21(22(19)29)27(30,31)32)33-24-20-13-37(18-7-4-6-17(28)12-18)25(38)26(10-11-36(3)14-26)23(20)34-16(2)35-24/h4-9,12,15H,10-11,13-14H2,1-3H3,(H,33,34,35)/t15-,26?/m1/s1. The van der Waals surface area contributed by atoms with Crippen LogP contribution in [0.5, 0.6) is 0 Å². The van der Waals surface area contributed by atoms with Gasteiger partial charge in [-0.05, 0) is 58.1 Å². The number of hydrogen-bond acceptors (Lipinski definition) is 5. The van der Waals surface area contributed by atoms with Crippen molar-refractivity contribution < 1.29 is 26.7 Å². The third kappa shape index (κ3) is 4.38. The third-order valence-corrected chi connectivity index (χ3v) is 7.28. The first-order valence-corrected chi connectivity index (χ1v) is 12.2. The molecule has 1 fully saturated rings. The SMILES string of the molecule is Cc1nc(N[C@H](C)c2cccc(C(F)(F)F)c2F)c2c(n1)C1(CCN(C)C1)C(=O)N(c1cccc(F)c1)C2. The lowest BCUT2D eigenvalue weighted by Crippen LogP contribution is -2.53. The van der Waals surface area contributed by atoms with Gasteiger partial charge >= 0.3 is 6.18 Å². The number of likely N-dealkylation sites (tertiary alicyclic amines) is 1. The van der Waals surface area contributed by atoms with Gasteiger partial charge in [0, 0.05) is 23.4 Å². The Morgan fingerprint density at radius 1 is 1.11 bits per heavy atom. The first-order chi connectivity index (χ1) is 17.9. The summed E-state index contributed by atoms with van der Waals surface area (Å²) in [5, 5.41) is 3.08. The van der Waals surface area contributed by atoms with Gasteiger partial charge in [-0.15, -0.1) is 0 Å². The van der Waals surface area contributed by atoms with Gasteiger partial charge in [0.15, 0.2) is 0 Å². The monoisotopic (exact) mass is 531 g/mol. The van der Waals surface area contributed by atoms with Crippen LogP contribution in [0.25, 0.3) is 0 Å². The molecule has 38 heavy (non-hydrogen) atoms. The molecule has 1 spiro atoms. The van der Waals surface area contributed by atoms with E-state index in [9.17, 15) is 26.7 Å². The second-order valence-electron chi connectivity index (χ2n) is 9.96. The zero-order valence-corrected chi connectivity index (χ0v) is 21.0. The van der Waals surface area contributed by atoms with Crippen LogP contribution in [0.2, 0.25) is 0 Å². The highest BCUT2D eigenvalue weighted by atomic mass is 19.4. The lowest BCUT2D eigenvalue weighted by molar-refractivity contribution is -0.140. The summed E-state index contributed by atoms with van der Waals surface area (Å²) in [6.45, 7) is 4.25. The predicted octanol–water partition coefficient (Wildman–Crippen LogP) is 5.38. The Bertz CT molecular complexity index is 1410. The normalized spacial score (nSPS) is 20.6. The number of carbonyl (C=O) groups is 1.